The molecule has 0 spiro atoms. The van der Waals surface area contributed by atoms with Crippen molar-refractivity contribution in [3.63, 3.8) is 0 Å². The number of aliphatic imine (C=N–C) groups is 1. The Kier molecular flexibility index (Phi) is 32.1. The van der Waals surface area contributed by atoms with Gasteiger partial charge in [-0.2, -0.15) is 0 Å². The van der Waals surface area contributed by atoms with E-state index in [4.69, 9.17) is 27.7 Å². The maximum absolute atomic E-state index is 15.3. The second-order valence-electron chi connectivity index (χ2n) is 23.9. The molecule has 1 heterocycles. The number of aliphatic hydroxyl groups is 4. The molecule has 11 amide bonds. The minimum atomic E-state index is -2.57. The van der Waals surface area contributed by atoms with Crippen molar-refractivity contribution in [2.45, 2.75) is 193 Å². The molecule has 32 nitrogen and oxygen atoms in total. The Labute approximate surface area is 517 Å². The van der Waals surface area contributed by atoms with Crippen molar-refractivity contribution in [3.8, 4) is 0 Å². The third kappa shape index (κ3) is 25.5. The highest BCUT2D eigenvalue weighted by Crippen LogP contribution is 2.25. The quantitative estimate of drug-likeness (QED) is 0.0223. The average Bonchev–Trinajstić information content (AvgIpc) is 2.99. The van der Waals surface area contributed by atoms with E-state index in [1.165, 1.54) is 58.0 Å². The summed E-state index contributed by atoms with van der Waals surface area (Å²) >= 11 is 0. The van der Waals surface area contributed by atoms with Crippen LogP contribution in [0.3, 0.4) is 0 Å². The number of cyclic esters (lactones) is 1. The molecule has 14 atom stereocenters. The molecule has 1 aliphatic rings. The van der Waals surface area contributed by atoms with Crippen molar-refractivity contribution in [2.24, 2.45) is 57.5 Å². The summed E-state index contributed by atoms with van der Waals surface area (Å²) in [5.41, 5.74) is 22.5. The van der Waals surface area contributed by atoms with Gasteiger partial charge in [0, 0.05) is 6.54 Å². The number of primary amides is 1. The number of rotatable bonds is 22. The number of hydrogen-bond acceptors (Lipinski definition) is 19. The molecule has 0 unspecified atom stereocenters. The molecule has 1 fully saturated rings. The first kappa shape index (κ1) is 77.0. The van der Waals surface area contributed by atoms with Crippen LogP contribution in [-0.2, 0) is 62.3 Å². The molecule has 0 radical (unpaired) electrons. The number of ether oxygens (including phenoxy) is 1. The zero-order valence-corrected chi connectivity index (χ0v) is 52.4. The number of nitrogens with zero attached hydrogens (tertiary/aromatic N) is 1. The Bertz CT molecular complexity index is 2620. The predicted octanol–water partition coefficient (Wildman–Crippen LogP) is -5.82. The highest BCUT2D eigenvalue weighted by Gasteiger charge is 2.43. The van der Waals surface area contributed by atoms with Crippen molar-refractivity contribution in [1.29, 1.82) is 0 Å². The summed E-state index contributed by atoms with van der Waals surface area (Å²) < 4.78 is 5.91. The topological polar surface area (TPSA) is 532 Å². The molecule has 1 saturated heterocycles. The summed E-state index contributed by atoms with van der Waals surface area (Å²) in [6.45, 7) is 15.1. The Hall–Kier alpha value is -8.07. The molecular formula is C57H95N15O17. The summed E-state index contributed by atoms with van der Waals surface area (Å²) in [4.78, 5) is 173. The molecule has 2 rings (SSSR count). The Morgan fingerprint density at radius 1 is 0.629 bits per heavy atom. The van der Waals surface area contributed by atoms with E-state index in [1.807, 2.05) is 24.5 Å². The van der Waals surface area contributed by atoms with Crippen molar-refractivity contribution in [3.05, 3.63) is 35.9 Å². The molecule has 0 bridgehead atoms. The minimum absolute atomic E-state index is 0.0450. The van der Waals surface area contributed by atoms with E-state index in [2.05, 4.69) is 47.5 Å². The van der Waals surface area contributed by atoms with Crippen LogP contribution in [0.2, 0.25) is 0 Å². The minimum Gasteiger partial charge on any atom is -0.453 e. The second kappa shape index (κ2) is 37.1. The fraction of sp³-hybridized carbons (Fsp3) is 0.667. The lowest BCUT2D eigenvalue weighted by Gasteiger charge is -2.33. The monoisotopic (exact) mass is 1260 g/mol. The zero-order valence-electron chi connectivity index (χ0n) is 52.4. The molecular weight excluding hydrogens is 1170 g/mol. The summed E-state index contributed by atoms with van der Waals surface area (Å²) in [5, 5.41) is 67.8. The maximum atomic E-state index is 15.3. The van der Waals surface area contributed by atoms with Gasteiger partial charge in [0.15, 0.2) is 24.2 Å². The highest BCUT2D eigenvalue weighted by molar-refractivity contribution is 6.00. The highest BCUT2D eigenvalue weighted by atomic mass is 16.5. The van der Waals surface area contributed by atoms with Crippen LogP contribution in [0.4, 0.5) is 0 Å². The van der Waals surface area contributed by atoms with Crippen LogP contribution in [0.1, 0.15) is 120 Å². The molecule has 0 saturated carbocycles. The van der Waals surface area contributed by atoms with E-state index in [-0.39, 0.29) is 67.9 Å². The molecule has 1 aromatic rings. The van der Waals surface area contributed by atoms with E-state index in [0.717, 1.165) is 6.92 Å². The van der Waals surface area contributed by atoms with E-state index in [1.54, 1.807) is 27.7 Å². The standard InChI is InChI=1S/C57H95N15O17/c1-25(2)20-32(58)47(79)65-35(22-27(5)6)50(82)72-42-45(31-16-13-12-14-17-31)89-56(88)36(24-73)67-54(86)41(44(77)46(59)78)68-37(75)23-63-51(83)39(30(11)74)70-52(84)38(28(7)8)69-48(80)33(18-15-19-62-57(60)61)64-49(81)34(21-26(3)4)66-53(85)40(71-55(42)87)43(76)29(9)10/h12-14,16-17,25-30,32-36,38-45,73-74,76-77H,15,18-24,58H2,1-11H3,(H2,59,78)(H,63,83)(H,64,81)(H,65,79)(H,66,85)(H,67,86)(H,68,75)(H,69,80)(H,70,84)(H,71,87)(H,72,82)(H4,60,61,62)/t30-,32+,33+,34-,35-,36-,38-,39-,40-,41-,42-,43+,44-,45+/m0/s1. The molecule has 500 valence electrons. The van der Waals surface area contributed by atoms with Crippen molar-refractivity contribution in [1.82, 2.24) is 53.2 Å². The van der Waals surface area contributed by atoms with Crippen LogP contribution in [-0.4, -0.2) is 196 Å². The smallest absolute Gasteiger partial charge is 0.331 e. The molecule has 22 N–H and O–H groups in total. The number of nitrogens with one attached hydrogen (secondary N) is 10. The molecule has 1 aliphatic heterocycles. The van der Waals surface area contributed by atoms with Crippen LogP contribution in [0.25, 0.3) is 0 Å². The van der Waals surface area contributed by atoms with E-state index in [9.17, 15) is 73.2 Å². The number of aliphatic hydroxyl groups excluding tert-OH is 4. The Morgan fingerprint density at radius 3 is 1.70 bits per heavy atom. The SMILES string of the molecule is CC(C)C[C@@H](N)C(=O)N[C@@H](CC(C)C)C(=O)N[C@@H]1C(=O)N[C@@H]([C@H](O)C(C)C)C(=O)N[C@@H](CC(C)C)C(=O)N[C@H](CCCN=C(N)N)C(=O)N[C@@H](C(C)C)C(=O)N[C@@H]([C@H](C)O)C(=O)NCC(=O)N[C@@H]([C@H](O)C(N)=O)C(=O)N[C@@H](CO)C(=O)O[C@@H]1c1ccccc1. The number of amides is 11. The van der Waals surface area contributed by atoms with Crippen molar-refractivity contribution >= 4 is 76.9 Å². The van der Waals surface area contributed by atoms with Gasteiger partial charge in [-0.3, -0.25) is 57.7 Å². The molecule has 89 heavy (non-hydrogen) atoms. The lowest BCUT2D eigenvalue weighted by atomic mass is 9.95. The number of benzene rings is 1. The largest absolute Gasteiger partial charge is 0.453 e. The maximum Gasteiger partial charge on any atom is 0.331 e. The van der Waals surface area contributed by atoms with Crippen molar-refractivity contribution < 1.29 is 82.7 Å². The number of carbonyl (C=O) groups excluding carboxylic acids is 12. The van der Waals surface area contributed by atoms with E-state index in [0.29, 0.717) is 0 Å². The predicted molar refractivity (Wildman–Crippen MR) is 322 cm³/mol. The molecule has 32 heteroatoms. The number of hydrogen-bond donors (Lipinski definition) is 18. The second-order valence-corrected chi connectivity index (χ2v) is 23.9. The first-order valence-corrected chi connectivity index (χ1v) is 29.5. The first-order chi connectivity index (χ1) is 41.5. The van der Waals surface area contributed by atoms with Gasteiger partial charge in [0.1, 0.15) is 48.3 Å². The van der Waals surface area contributed by atoms with Gasteiger partial charge in [-0.25, -0.2) is 4.79 Å². The zero-order chi connectivity index (χ0) is 67.7. The fourth-order valence-electron chi connectivity index (χ4n) is 9.08. The van der Waals surface area contributed by atoms with Gasteiger partial charge in [-0.15, -0.1) is 0 Å². The van der Waals surface area contributed by atoms with Crippen LogP contribution in [0.15, 0.2) is 35.3 Å². The Balaban J connectivity index is 3.11. The number of esters is 1. The van der Waals surface area contributed by atoms with E-state index < -0.39 is 181 Å². The average molecular weight is 1260 g/mol. The van der Waals surface area contributed by atoms with Gasteiger partial charge in [0.2, 0.25) is 65.0 Å². The van der Waals surface area contributed by atoms with Crippen LogP contribution < -0.4 is 76.1 Å². The Morgan fingerprint density at radius 2 is 1.17 bits per heavy atom. The normalized spacial score (nSPS) is 24.6. The summed E-state index contributed by atoms with van der Waals surface area (Å²) in [6.07, 6.45) is -8.27. The summed E-state index contributed by atoms with van der Waals surface area (Å²) in [5.74, 6) is -17.3. The lowest BCUT2D eigenvalue weighted by molar-refractivity contribution is -0.159. The van der Waals surface area contributed by atoms with Crippen molar-refractivity contribution in [2.75, 3.05) is 19.7 Å². The number of guanidine groups is 1. The van der Waals surface area contributed by atoms with Gasteiger partial charge >= 0.3 is 5.97 Å². The van der Waals surface area contributed by atoms with Gasteiger partial charge in [-0.1, -0.05) is 99.6 Å². The number of carbonyl (C=O) groups is 12. The van der Waals surface area contributed by atoms with Gasteiger partial charge in [-0.05, 0) is 74.2 Å². The van der Waals surface area contributed by atoms with E-state index >= 15 is 4.79 Å². The third-order valence-corrected chi connectivity index (χ3v) is 13.9. The summed E-state index contributed by atoms with van der Waals surface area (Å²) in [7, 11) is 0. The van der Waals surface area contributed by atoms with Crippen LogP contribution >= 0.6 is 0 Å². The fourth-order valence-corrected chi connectivity index (χ4v) is 9.08. The van der Waals surface area contributed by atoms with Gasteiger partial charge in [0.25, 0.3) is 0 Å². The molecule has 0 aromatic heterocycles. The van der Waals surface area contributed by atoms with Crippen LogP contribution in [0, 0.1) is 29.6 Å². The lowest BCUT2D eigenvalue weighted by Crippen LogP contribution is -2.64. The van der Waals surface area contributed by atoms with Crippen LogP contribution in [0.5, 0.6) is 0 Å². The summed E-state index contributed by atoms with van der Waals surface area (Å²) in [6, 6.07) is -10.7. The molecule has 0 aliphatic carbocycles. The first-order valence-electron chi connectivity index (χ1n) is 29.5. The van der Waals surface area contributed by atoms with Gasteiger partial charge in [0.05, 0.1) is 31.4 Å². The third-order valence-electron chi connectivity index (χ3n) is 13.9. The number of nitrogens with two attached hydrogens (primary N) is 4. The molecule has 1 aromatic carbocycles. The van der Waals surface area contributed by atoms with Gasteiger partial charge < -0.3 is 101 Å².